The summed E-state index contributed by atoms with van der Waals surface area (Å²) in [7, 11) is 2.16. The van der Waals surface area contributed by atoms with Gasteiger partial charge in [0.05, 0.1) is 29.1 Å². The van der Waals surface area contributed by atoms with E-state index in [4.69, 9.17) is 35.3 Å². The van der Waals surface area contributed by atoms with Gasteiger partial charge in [-0.05, 0) is 19.2 Å². The lowest BCUT2D eigenvalue weighted by atomic mass is 10.1. The van der Waals surface area contributed by atoms with Gasteiger partial charge in [-0.2, -0.15) is 0 Å². The topological polar surface area (TPSA) is 90.4 Å². The zero-order valence-electron chi connectivity index (χ0n) is 22.2. The van der Waals surface area contributed by atoms with E-state index >= 15 is 0 Å². The molecule has 0 aliphatic carbocycles. The van der Waals surface area contributed by atoms with E-state index in [9.17, 15) is 0 Å². The summed E-state index contributed by atoms with van der Waals surface area (Å²) in [6, 6.07) is 7.47. The second-order valence-electron chi connectivity index (χ2n) is 10.0. The number of hydrogen-bond donors (Lipinski definition) is 1. The number of benzene rings is 2. The van der Waals surface area contributed by atoms with Gasteiger partial charge in [-0.3, -0.25) is 4.90 Å². The lowest BCUT2D eigenvalue weighted by Gasteiger charge is -2.32. The lowest BCUT2D eigenvalue weighted by Crippen LogP contribution is -2.45. The molecule has 2 saturated heterocycles. The minimum atomic E-state index is 0.0281. The van der Waals surface area contributed by atoms with Crippen LogP contribution in [0.15, 0.2) is 30.6 Å². The van der Waals surface area contributed by atoms with Gasteiger partial charge in [-0.25, -0.2) is 9.97 Å². The van der Waals surface area contributed by atoms with Gasteiger partial charge in [-0.1, -0.05) is 11.6 Å². The van der Waals surface area contributed by atoms with Gasteiger partial charge in [0.2, 0.25) is 0 Å². The lowest BCUT2D eigenvalue weighted by molar-refractivity contribution is 0.0261. The Morgan fingerprint density at radius 1 is 1.03 bits per heavy atom. The number of nitrogens with zero attached hydrogens (tertiary/aromatic N) is 4. The van der Waals surface area contributed by atoms with E-state index in [1.165, 1.54) is 6.33 Å². The number of piperazine rings is 1. The van der Waals surface area contributed by atoms with Crippen molar-refractivity contribution in [2.24, 2.45) is 0 Å². The molecule has 11 heteroatoms. The molecule has 0 saturated carbocycles. The standard InChI is InChI=1S/C28H34ClN5O5/c1-33-6-8-34(9-7-33)10-13-36-20-16-22-25(24(17-20)39-19-4-11-35-12-5-19)28(31-18-30-22)32-26-21(29)2-3-23-27(26)38-15-14-37-23/h2-3,16-19H,4-15H2,1H3,(H,30,31,32). The highest BCUT2D eigenvalue weighted by Gasteiger charge is 2.23. The average molecular weight is 556 g/mol. The molecule has 3 aliphatic rings. The molecule has 208 valence electrons. The van der Waals surface area contributed by atoms with Crippen molar-refractivity contribution in [2.75, 3.05) is 78.1 Å². The monoisotopic (exact) mass is 555 g/mol. The van der Waals surface area contributed by atoms with E-state index in [1.807, 2.05) is 18.2 Å². The first kappa shape index (κ1) is 26.2. The SMILES string of the molecule is CN1CCN(CCOc2cc(OC3CCOCC3)c3c(Nc4c(Cl)ccc5c4OCCO5)ncnc3c2)CC1. The molecule has 3 aliphatic heterocycles. The van der Waals surface area contributed by atoms with Crippen molar-refractivity contribution in [3.05, 3.63) is 35.6 Å². The maximum absolute atomic E-state index is 6.60. The Hall–Kier alpha value is -3.05. The third kappa shape index (κ3) is 6.09. The van der Waals surface area contributed by atoms with Crippen LogP contribution in [0.2, 0.25) is 5.02 Å². The van der Waals surface area contributed by atoms with Crippen molar-refractivity contribution in [1.29, 1.82) is 0 Å². The van der Waals surface area contributed by atoms with Gasteiger partial charge >= 0.3 is 0 Å². The predicted octanol–water partition coefficient (Wildman–Crippen LogP) is 3.98. The molecule has 6 rings (SSSR count). The van der Waals surface area contributed by atoms with Crippen molar-refractivity contribution >= 4 is 34.0 Å². The molecule has 2 fully saturated rings. The first-order valence-corrected chi connectivity index (χ1v) is 13.9. The quantitative estimate of drug-likeness (QED) is 0.440. The Morgan fingerprint density at radius 2 is 1.85 bits per heavy atom. The van der Waals surface area contributed by atoms with Crippen LogP contribution in [0.4, 0.5) is 11.5 Å². The second kappa shape index (κ2) is 12.0. The maximum Gasteiger partial charge on any atom is 0.186 e. The van der Waals surface area contributed by atoms with E-state index in [0.29, 0.717) is 72.3 Å². The number of fused-ring (bicyclic) bond motifs is 2. The number of rotatable bonds is 8. The molecule has 0 radical (unpaired) electrons. The molecule has 0 unspecified atom stereocenters. The number of likely N-dealkylation sites (N-methyl/N-ethyl adjacent to an activating group) is 1. The number of hydrogen-bond acceptors (Lipinski definition) is 10. The molecule has 3 aromatic rings. The first-order valence-electron chi connectivity index (χ1n) is 13.6. The summed E-state index contributed by atoms with van der Waals surface area (Å²) in [5.74, 6) is 3.15. The van der Waals surface area contributed by atoms with Crippen molar-refractivity contribution in [1.82, 2.24) is 19.8 Å². The van der Waals surface area contributed by atoms with Crippen molar-refractivity contribution in [2.45, 2.75) is 18.9 Å². The molecule has 2 aromatic carbocycles. The summed E-state index contributed by atoms with van der Waals surface area (Å²) in [6.45, 7) is 8.02. The number of aromatic nitrogens is 2. The van der Waals surface area contributed by atoms with Crippen LogP contribution in [-0.2, 0) is 4.74 Å². The van der Waals surface area contributed by atoms with Crippen LogP contribution in [0.1, 0.15) is 12.8 Å². The van der Waals surface area contributed by atoms with Crippen LogP contribution in [0.25, 0.3) is 10.9 Å². The van der Waals surface area contributed by atoms with Crippen LogP contribution < -0.4 is 24.3 Å². The zero-order chi connectivity index (χ0) is 26.6. The molecule has 10 nitrogen and oxygen atoms in total. The van der Waals surface area contributed by atoms with E-state index in [1.54, 1.807) is 6.07 Å². The zero-order valence-corrected chi connectivity index (χ0v) is 22.9. The molecule has 0 amide bonds. The number of ether oxygens (including phenoxy) is 5. The van der Waals surface area contributed by atoms with Crippen LogP contribution in [0.3, 0.4) is 0 Å². The molecule has 0 atom stereocenters. The van der Waals surface area contributed by atoms with Crippen LogP contribution in [0.5, 0.6) is 23.0 Å². The third-order valence-corrected chi connectivity index (χ3v) is 7.63. The summed E-state index contributed by atoms with van der Waals surface area (Å²) in [4.78, 5) is 13.9. The van der Waals surface area contributed by atoms with Gasteiger partial charge in [0.25, 0.3) is 0 Å². The Kier molecular flexibility index (Phi) is 8.05. The smallest absolute Gasteiger partial charge is 0.186 e. The summed E-state index contributed by atoms with van der Waals surface area (Å²) in [6.07, 6.45) is 3.18. The van der Waals surface area contributed by atoms with E-state index in [2.05, 4.69) is 32.1 Å². The highest BCUT2D eigenvalue weighted by atomic mass is 35.5. The second-order valence-corrected chi connectivity index (χ2v) is 10.4. The minimum Gasteiger partial charge on any atom is -0.492 e. The largest absolute Gasteiger partial charge is 0.492 e. The van der Waals surface area contributed by atoms with E-state index < -0.39 is 0 Å². The summed E-state index contributed by atoms with van der Waals surface area (Å²) in [5.41, 5.74) is 1.31. The molecule has 4 heterocycles. The number of halogens is 1. The molecule has 1 aromatic heterocycles. The minimum absolute atomic E-state index is 0.0281. The molecular weight excluding hydrogens is 522 g/mol. The highest BCUT2D eigenvalue weighted by molar-refractivity contribution is 6.34. The molecule has 0 bridgehead atoms. The summed E-state index contributed by atoms with van der Waals surface area (Å²) >= 11 is 6.60. The normalized spacial score (nSPS) is 18.7. The van der Waals surface area contributed by atoms with Gasteiger partial charge in [-0.15, -0.1) is 0 Å². The van der Waals surface area contributed by atoms with E-state index in [0.717, 1.165) is 56.7 Å². The average Bonchev–Trinajstić information content (AvgIpc) is 2.96. The van der Waals surface area contributed by atoms with Crippen LogP contribution in [0, 0.1) is 0 Å². The van der Waals surface area contributed by atoms with Crippen molar-refractivity contribution < 1.29 is 23.7 Å². The maximum atomic E-state index is 6.60. The van der Waals surface area contributed by atoms with Gasteiger partial charge in [0, 0.05) is 57.7 Å². The van der Waals surface area contributed by atoms with Crippen molar-refractivity contribution in [3.63, 3.8) is 0 Å². The van der Waals surface area contributed by atoms with Crippen LogP contribution in [-0.4, -0.2) is 98.7 Å². The Morgan fingerprint density at radius 3 is 2.69 bits per heavy atom. The Bertz CT molecular complexity index is 1300. The van der Waals surface area contributed by atoms with Gasteiger partial charge in [0.1, 0.15) is 55.3 Å². The first-order chi connectivity index (χ1) is 19.1. The highest BCUT2D eigenvalue weighted by Crippen LogP contribution is 2.45. The van der Waals surface area contributed by atoms with Gasteiger partial charge in [0.15, 0.2) is 11.5 Å². The third-order valence-electron chi connectivity index (χ3n) is 7.31. The fourth-order valence-electron chi connectivity index (χ4n) is 5.06. The van der Waals surface area contributed by atoms with Gasteiger partial charge < -0.3 is 33.9 Å². The molecular formula is C28H34ClN5O5. The predicted molar refractivity (Wildman–Crippen MR) is 149 cm³/mol. The van der Waals surface area contributed by atoms with Crippen molar-refractivity contribution in [3.8, 4) is 23.0 Å². The Labute approximate surface area is 233 Å². The summed E-state index contributed by atoms with van der Waals surface area (Å²) < 4.78 is 30.0. The molecule has 39 heavy (non-hydrogen) atoms. The fraction of sp³-hybridized carbons (Fsp3) is 0.500. The fourth-order valence-corrected chi connectivity index (χ4v) is 5.26. The number of nitrogens with one attached hydrogen (secondary N) is 1. The molecule has 0 spiro atoms. The van der Waals surface area contributed by atoms with E-state index in [-0.39, 0.29) is 6.10 Å². The molecule has 1 N–H and O–H groups in total. The number of anilines is 2. The van der Waals surface area contributed by atoms with Crippen LogP contribution >= 0.6 is 11.6 Å². The summed E-state index contributed by atoms with van der Waals surface area (Å²) in [5, 5.41) is 4.64. The Balaban J connectivity index is 1.30.